The molecule has 0 aliphatic carbocycles. The highest BCUT2D eigenvalue weighted by molar-refractivity contribution is 9.10. The molecule has 2 unspecified atom stereocenters. The number of aliphatic carboxylic acids is 1. The van der Waals surface area contributed by atoms with Crippen LogP contribution in [-0.2, 0) is 9.53 Å². The molecule has 0 amide bonds. The van der Waals surface area contributed by atoms with Crippen molar-refractivity contribution >= 4 is 21.9 Å². The van der Waals surface area contributed by atoms with Crippen LogP contribution in [0.2, 0.25) is 0 Å². The highest BCUT2D eigenvalue weighted by Crippen LogP contribution is 2.24. The zero-order chi connectivity index (χ0) is 13.8. The van der Waals surface area contributed by atoms with Crippen molar-refractivity contribution in [2.75, 3.05) is 19.7 Å². The molecule has 19 heavy (non-hydrogen) atoms. The third kappa shape index (κ3) is 4.03. The number of hydrogen-bond donors (Lipinski definition) is 1. The predicted octanol–water partition coefficient (Wildman–Crippen LogP) is 2.69. The number of ether oxygens (including phenoxy) is 1. The zero-order valence-electron chi connectivity index (χ0n) is 10.9. The number of benzene rings is 1. The fraction of sp³-hybridized carbons (Fsp3) is 0.500. The maximum absolute atomic E-state index is 10.7. The summed E-state index contributed by atoms with van der Waals surface area (Å²) in [5.41, 5.74) is 1.24. The number of carboxylic acid groups (broad SMARTS) is 1. The Balaban J connectivity index is 2.00. The lowest BCUT2D eigenvalue weighted by Crippen LogP contribution is -2.44. The van der Waals surface area contributed by atoms with Crippen LogP contribution in [0.15, 0.2) is 28.7 Å². The molecule has 1 fully saturated rings. The van der Waals surface area contributed by atoms with E-state index in [0.717, 1.165) is 11.0 Å². The van der Waals surface area contributed by atoms with Crippen LogP contribution in [0.25, 0.3) is 0 Å². The third-order valence-corrected chi connectivity index (χ3v) is 4.00. The van der Waals surface area contributed by atoms with E-state index in [1.807, 2.05) is 12.1 Å². The van der Waals surface area contributed by atoms with Gasteiger partial charge in [-0.15, -0.1) is 0 Å². The maximum atomic E-state index is 10.7. The summed E-state index contributed by atoms with van der Waals surface area (Å²) in [4.78, 5) is 13.0. The molecule has 1 aromatic rings. The number of morpholine rings is 1. The molecule has 2 atom stereocenters. The Morgan fingerprint density at radius 1 is 1.53 bits per heavy atom. The van der Waals surface area contributed by atoms with Gasteiger partial charge in [-0.25, -0.2) is 0 Å². The maximum Gasteiger partial charge on any atom is 0.306 e. The van der Waals surface area contributed by atoms with Crippen molar-refractivity contribution in [1.82, 2.24) is 4.90 Å². The Bertz CT molecular complexity index is 435. The van der Waals surface area contributed by atoms with Crippen LogP contribution < -0.4 is 0 Å². The largest absolute Gasteiger partial charge is 0.481 e. The Kier molecular flexibility index (Phi) is 4.96. The van der Waals surface area contributed by atoms with E-state index in [9.17, 15) is 4.79 Å². The second-order valence-corrected chi connectivity index (χ2v) is 5.73. The highest BCUT2D eigenvalue weighted by atomic mass is 79.9. The Hall–Kier alpha value is -0.910. The lowest BCUT2D eigenvalue weighted by atomic mass is 10.1. The molecule has 104 valence electrons. The second kappa shape index (κ2) is 6.50. The highest BCUT2D eigenvalue weighted by Gasteiger charge is 2.26. The molecule has 1 N–H and O–H groups in total. The minimum atomic E-state index is -0.803. The SMILES string of the molecule is CC(c1ccc(Br)cc1)N1CCOC(CC(=O)O)C1. The number of hydrogen-bond acceptors (Lipinski definition) is 3. The van der Waals surface area contributed by atoms with Crippen LogP contribution >= 0.6 is 15.9 Å². The van der Waals surface area contributed by atoms with E-state index < -0.39 is 5.97 Å². The molecule has 4 nitrogen and oxygen atoms in total. The number of nitrogens with zero attached hydrogens (tertiary/aromatic N) is 1. The molecule has 1 aliphatic rings. The van der Waals surface area contributed by atoms with E-state index in [4.69, 9.17) is 9.84 Å². The second-order valence-electron chi connectivity index (χ2n) is 4.81. The van der Waals surface area contributed by atoms with E-state index in [1.54, 1.807) is 0 Å². The van der Waals surface area contributed by atoms with E-state index in [-0.39, 0.29) is 18.6 Å². The van der Waals surface area contributed by atoms with Crippen LogP contribution in [0.5, 0.6) is 0 Å². The van der Waals surface area contributed by atoms with Gasteiger partial charge >= 0.3 is 5.97 Å². The summed E-state index contributed by atoms with van der Waals surface area (Å²) in [6, 6.07) is 8.52. The molecule has 0 spiro atoms. The van der Waals surface area contributed by atoms with Gasteiger partial charge in [0.15, 0.2) is 0 Å². The van der Waals surface area contributed by atoms with Crippen LogP contribution in [-0.4, -0.2) is 41.8 Å². The van der Waals surface area contributed by atoms with E-state index >= 15 is 0 Å². The summed E-state index contributed by atoms with van der Waals surface area (Å²) in [6.07, 6.45) is -0.132. The molecule has 1 heterocycles. The molecular weight excluding hydrogens is 310 g/mol. The molecule has 2 rings (SSSR count). The minimum absolute atomic E-state index is 0.0730. The van der Waals surface area contributed by atoms with Gasteiger partial charge in [-0.3, -0.25) is 9.69 Å². The fourth-order valence-corrected chi connectivity index (χ4v) is 2.63. The summed E-state index contributed by atoms with van der Waals surface area (Å²) < 4.78 is 6.56. The van der Waals surface area contributed by atoms with Crippen molar-refractivity contribution in [2.45, 2.75) is 25.5 Å². The molecule has 0 bridgehead atoms. The fourth-order valence-electron chi connectivity index (χ4n) is 2.36. The van der Waals surface area contributed by atoms with Crippen molar-refractivity contribution < 1.29 is 14.6 Å². The standard InChI is InChI=1S/C14H18BrNO3/c1-10(11-2-4-12(15)5-3-11)16-6-7-19-13(9-16)8-14(17)18/h2-5,10,13H,6-9H2,1H3,(H,17,18). The smallest absolute Gasteiger partial charge is 0.306 e. The van der Waals surface area contributed by atoms with Gasteiger partial charge in [0.05, 0.1) is 19.1 Å². The number of carboxylic acids is 1. The zero-order valence-corrected chi connectivity index (χ0v) is 12.5. The lowest BCUT2D eigenvalue weighted by molar-refractivity contribution is -0.142. The molecule has 1 aromatic carbocycles. The Morgan fingerprint density at radius 2 is 2.21 bits per heavy atom. The van der Waals surface area contributed by atoms with Crippen LogP contribution in [0, 0.1) is 0 Å². The monoisotopic (exact) mass is 327 g/mol. The van der Waals surface area contributed by atoms with Crippen LogP contribution in [0.4, 0.5) is 0 Å². The summed E-state index contributed by atoms with van der Waals surface area (Å²) in [7, 11) is 0. The van der Waals surface area contributed by atoms with Gasteiger partial charge in [-0.05, 0) is 24.6 Å². The first kappa shape index (κ1) is 14.5. The van der Waals surface area contributed by atoms with Gasteiger partial charge in [0.25, 0.3) is 0 Å². The number of carbonyl (C=O) groups is 1. The van der Waals surface area contributed by atoms with Gasteiger partial charge in [0, 0.05) is 23.6 Å². The molecule has 0 aromatic heterocycles. The molecular formula is C14H18BrNO3. The third-order valence-electron chi connectivity index (χ3n) is 3.47. The first-order chi connectivity index (χ1) is 9.06. The molecule has 1 aliphatic heterocycles. The van der Waals surface area contributed by atoms with E-state index in [1.165, 1.54) is 5.56 Å². The van der Waals surface area contributed by atoms with Gasteiger partial charge in [0.2, 0.25) is 0 Å². The molecule has 5 heteroatoms. The molecule has 0 radical (unpaired) electrons. The van der Waals surface area contributed by atoms with Crippen molar-refractivity contribution in [3.8, 4) is 0 Å². The van der Waals surface area contributed by atoms with Gasteiger partial charge in [0.1, 0.15) is 0 Å². The summed E-state index contributed by atoms with van der Waals surface area (Å²) in [5, 5.41) is 8.83. The number of rotatable bonds is 4. The first-order valence-corrected chi connectivity index (χ1v) is 7.18. The lowest BCUT2D eigenvalue weighted by Gasteiger charge is -2.36. The average Bonchev–Trinajstić information content (AvgIpc) is 2.38. The Morgan fingerprint density at radius 3 is 2.84 bits per heavy atom. The van der Waals surface area contributed by atoms with E-state index in [0.29, 0.717) is 13.2 Å². The van der Waals surface area contributed by atoms with Crippen molar-refractivity contribution in [2.24, 2.45) is 0 Å². The normalized spacial score (nSPS) is 22.1. The quantitative estimate of drug-likeness (QED) is 0.923. The average molecular weight is 328 g/mol. The van der Waals surface area contributed by atoms with Gasteiger partial charge in [-0.1, -0.05) is 28.1 Å². The number of halogens is 1. The summed E-state index contributed by atoms with van der Waals surface area (Å²) >= 11 is 3.43. The summed E-state index contributed by atoms with van der Waals surface area (Å²) in [5.74, 6) is -0.803. The Labute approximate surface area is 121 Å². The summed E-state index contributed by atoms with van der Waals surface area (Å²) in [6.45, 7) is 4.25. The van der Waals surface area contributed by atoms with Gasteiger partial charge < -0.3 is 9.84 Å². The van der Waals surface area contributed by atoms with Crippen molar-refractivity contribution in [1.29, 1.82) is 0 Å². The van der Waals surface area contributed by atoms with Crippen molar-refractivity contribution in [3.05, 3.63) is 34.3 Å². The van der Waals surface area contributed by atoms with Crippen molar-refractivity contribution in [3.63, 3.8) is 0 Å². The van der Waals surface area contributed by atoms with Crippen LogP contribution in [0.1, 0.15) is 24.9 Å². The minimum Gasteiger partial charge on any atom is -0.481 e. The van der Waals surface area contributed by atoms with Gasteiger partial charge in [-0.2, -0.15) is 0 Å². The molecule has 1 saturated heterocycles. The van der Waals surface area contributed by atoms with E-state index in [2.05, 4.69) is 39.9 Å². The molecule has 0 saturated carbocycles. The topological polar surface area (TPSA) is 49.8 Å². The van der Waals surface area contributed by atoms with Crippen LogP contribution in [0.3, 0.4) is 0 Å². The first-order valence-electron chi connectivity index (χ1n) is 6.39. The predicted molar refractivity (Wildman–Crippen MR) is 76.1 cm³/mol.